The van der Waals surface area contributed by atoms with Gasteiger partial charge in [-0.25, -0.2) is 9.59 Å². The van der Waals surface area contributed by atoms with Crippen LogP contribution in [0.1, 0.15) is 21.5 Å². The van der Waals surface area contributed by atoms with E-state index in [0.29, 0.717) is 5.56 Å². The lowest BCUT2D eigenvalue weighted by atomic mass is 9.98. The molecule has 24 heavy (non-hydrogen) atoms. The van der Waals surface area contributed by atoms with Gasteiger partial charge in [-0.05, 0) is 17.2 Å². The number of carboxylic acid groups (broad SMARTS) is 1. The average Bonchev–Trinajstić information content (AvgIpc) is 2.55. The highest BCUT2D eigenvalue weighted by Gasteiger charge is 2.32. The van der Waals surface area contributed by atoms with Gasteiger partial charge in [0.05, 0.1) is 6.42 Å². The Hall–Kier alpha value is -3.15. The second-order valence-corrected chi connectivity index (χ2v) is 5.51. The second kappa shape index (κ2) is 6.54. The van der Waals surface area contributed by atoms with E-state index in [-0.39, 0.29) is 30.1 Å². The van der Waals surface area contributed by atoms with Gasteiger partial charge in [-0.3, -0.25) is 4.79 Å². The van der Waals surface area contributed by atoms with Gasteiger partial charge >= 0.3 is 11.9 Å². The van der Waals surface area contributed by atoms with Crippen molar-refractivity contribution in [3.05, 3.63) is 65.2 Å². The van der Waals surface area contributed by atoms with Crippen LogP contribution in [0.5, 0.6) is 5.75 Å². The molecule has 6 nitrogen and oxygen atoms in total. The van der Waals surface area contributed by atoms with Crippen molar-refractivity contribution in [2.45, 2.75) is 18.9 Å². The smallest absolute Gasteiger partial charge is 0.339 e. The van der Waals surface area contributed by atoms with Crippen LogP contribution >= 0.6 is 0 Å². The van der Waals surface area contributed by atoms with E-state index >= 15 is 0 Å². The SMILES string of the molecule is O=C(Cc1ccccc1)N[C@H]1Cc2cccc(C(=O)O)c2OC1=O. The molecule has 3 rings (SSSR count). The molecule has 1 amide bonds. The standard InChI is InChI=1S/C18H15NO5/c20-15(9-11-5-2-1-3-6-11)19-14-10-12-7-4-8-13(17(21)22)16(12)24-18(14)23/h1-8,14H,9-10H2,(H,19,20)(H,21,22)/t14-/m0/s1. The highest BCUT2D eigenvalue weighted by molar-refractivity contribution is 5.95. The van der Waals surface area contributed by atoms with Gasteiger partial charge < -0.3 is 15.2 Å². The number of ether oxygens (including phenoxy) is 1. The number of amides is 1. The number of benzene rings is 2. The number of carbonyl (C=O) groups is 3. The lowest BCUT2D eigenvalue weighted by Crippen LogP contribution is -2.47. The first-order valence-corrected chi connectivity index (χ1v) is 7.45. The maximum Gasteiger partial charge on any atom is 0.339 e. The zero-order valence-electron chi connectivity index (χ0n) is 12.7. The molecule has 0 unspecified atom stereocenters. The molecule has 1 aliphatic heterocycles. The summed E-state index contributed by atoms with van der Waals surface area (Å²) in [5.41, 5.74) is 1.36. The molecule has 0 fully saturated rings. The molecule has 2 aromatic carbocycles. The first-order valence-electron chi connectivity index (χ1n) is 7.45. The van der Waals surface area contributed by atoms with Gasteiger partial charge in [-0.2, -0.15) is 0 Å². The van der Waals surface area contributed by atoms with Crippen LogP contribution in [0, 0.1) is 0 Å². The highest BCUT2D eigenvalue weighted by Crippen LogP contribution is 2.29. The molecule has 2 N–H and O–H groups in total. The quantitative estimate of drug-likeness (QED) is 0.657. The van der Waals surface area contributed by atoms with Crippen LogP contribution in [-0.2, 0) is 22.4 Å². The number of para-hydroxylation sites is 1. The molecule has 1 aliphatic rings. The van der Waals surface area contributed by atoms with Gasteiger partial charge in [-0.15, -0.1) is 0 Å². The monoisotopic (exact) mass is 325 g/mol. The molecule has 2 aromatic rings. The van der Waals surface area contributed by atoms with Gasteiger partial charge in [-0.1, -0.05) is 42.5 Å². The largest absolute Gasteiger partial charge is 0.478 e. The minimum Gasteiger partial charge on any atom is -0.478 e. The van der Waals surface area contributed by atoms with E-state index in [4.69, 9.17) is 9.84 Å². The third kappa shape index (κ3) is 3.27. The number of esters is 1. The van der Waals surface area contributed by atoms with Crippen molar-refractivity contribution < 1.29 is 24.2 Å². The first kappa shape index (κ1) is 15.7. The fourth-order valence-electron chi connectivity index (χ4n) is 2.65. The lowest BCUT2D eigenvalue weighted by molar-refractivity contribution is -0.140. The summed E-state index contributed by atoms with van der Waals surface area (Å²) in [5.74, 6) is -2.05. The van der Waals surface area contributed by atoms with E-state index in [0.717, 1.165) is 5.56 Å². The van der Waals surface area contributed by atoms with Crippen LogP contribution in [0.25, 0.3) is 0 Å². The van der Waals surface area contributed by atoms with Crippen molar-refractivity contribution in [3.8, 4) is 5.75 Å². The summed E-state index contributed by atoms with van der Waals surface area (Å²) in [6.07, 6.45) is 0.364. The average molecular weight is 325 g/mol. The summed E-state index contributed by atoms with van der Waals surface area (Å²) >= 11 is 0. The molecule has 1 heterocycles. The van der Waals surface area contributed by atoms with Gasteiger partial charge in [0.15, 0.2) is 0 Å². The summed E-state index contributed by atoms with van der Waals surface area (Å²) in [7, 11) is 0. The summed E-state index contributed by atoms with van der Waals surface area (Å²) < 4.78 is 5.15. The Morgan fingerprint density at radius 3 is 2.58 bits per heavy atom. The van der Waals surface area contributed by atoms with Gasteiger partial charge in [0, 0.05) is 6.42 Å². The van der Waals surface area contributed by atoms with E-state index in [1.807, 2.05) is 30.3 Å². The Morgan fingerprint density at radius 1 is 1.12 bits per heavy atom. The number of hydrogen-bond donors (Lipinski definition) is 2. The number of carbonyl (C=O) groups excluding carboxylic acids is 2. The molecule has 0 aromatic heterocycles. The topological polar surface area (TPSA) is 92.7 Å². The first-order chi connectivity index (χ1) is 11.5. The Morgan fingerprint density at radius 2 is 1.88 bits per heavy atom. The zero-order valence-corrected chi connectivity index (χ0v) is 12.7. The minimum atomic E-state index is -1.16. The summed E-state index contributed by atoms with van der Waals surface area (Å²) in [5, 5.41) is 11.8. The van der Waals surface area contributed by atoms with Gasteiger partial charge in [0.2, 0.25) is 5.91 Å². The van der Waals surface area contributed by atoms with Crippen molar-refractivity contribution >= 4 is 17.8 Å². The fourth-order valence-corrected chi connectivity index (χ4v) is 2.65. The Bertz CT molecular complexity index is 800. The molecule has 0 aliphatic carbocycles. The fraction of sp³-hybridized carbons (Fsp3) is 0.167. The van der Waals surface area contributed by atoms with E-state index in [1.165, 1.54) is 6.07 Å². The van der Waals surface area contributed by atoms with Crippen molar-refractivity contribution in [2.75, 3.05) is 0 Å². The van der Waals surface area contributed by atoms with E-state index in [9.17, 15) is 14.4 Å². The van der Waals surface area contributed by atoms with Crippen molar-refractivity contribution in [1.82, 2.24) is 5.32 Å². The normalized spacial score (nSPS) is 16.0. The maximum absolute atomic E-state index is 12.1. The minimum absolute atomic E-state index is 0.0589. The van der Waals surface area contributed by atoms with Crippen LogP contribution in [-0.4, -0.2) is 29.0 Å². The van der Waals surface area contributed by atoms with E-state index in [1.54, 1.807) is 12.1 Å². The molecule has 0 saturated heterocycles. The van der Waals surface area contributed by atoms with Crippen LogP contribution in [0.3, 0.4) is 0 Å². The zero-order chi connectivity index (χ0) is 17.1. The van der Waals surface area contributed by atoms with Crippen LogP contribution in [0.2, 0.25) is 0 Å². The molecule has 6 heteroatoms. The molecular formula is C18H15NO5. The third-order valence-electron chi connectivity index (χ3n) is 3.78. The van der Waals surface area contributed by atoms with Gasteiger partial charge in [0.25, 0.3) is 0 Å². The number of aromatic carboxylic acids is 1. The summed E-state index contributed by atoms with van der Waals surface area (Å²) in [4.78, 5) is 35.4. The van der Waals surface area contributed by atoms with Crippen molar-refractivity contribution in [2.24, 2.45) is 0 Å². The molecule has 122 valence electrons. The van der Waals surface area contributed by atoms with Crippen LogP contribution in [0.15, 0.2) is 48.5 Å². The summed E-state index contributed by atoms with van der Waals surface area (Å²) in [6.45, 7) is 0. The maximum atomic E-state index is 12.1. The number of fused-ring (bicyclic) bond motifs is 1. The van der Waals surface area contributed by atoms with Gasteiger partial charge in [0.1, 0.15) is 17.4 Å². The van der Waals surface area contributed by atoms with Crippen molar-refractivity contribution in [3.63, 3.8) is 0 Å². The predicted octanol–water partition coefficient (Wildman–Crippen LogP) is 1.57. The molecule has 0 saturated carbocycles. The van der Waals surface area contributed by atoms with Crippen LogP contribution in [0.4, 0.5) is 0 Å². The highest BCUT2D eigenvalue weighted by atomic mass is 16.5. The Balaban J connectivity index is 1.72. The molecule has 1 atom stereocenters. The molecule has 0 spiro atoms. The summed E-state index contributed by atoms with van der Waals surface area (Å²) in [6, 6.07) is 13.0. The molecule has 0 radical (unpaired) electrons. The lowest BCUT2D eigenvalue weighted by Gasteiger charge is -2.25. The number of rotatable bonds is 4. The van der Waals surface area contributed by atoms with E-state index in [2.05, 4.69) is 5.32 Å². The van der Waals surface area contributed by atoms with E-state index < -0.39 is 18.0 Å². The second-order valence-electron chi connectivity index (χ2n) is 5.51. The van der Waals surface area contributed by atoms with Crippen LogP contribution < -0.4 is 10.1 Å². The van der Waals surface area contributed by atoms with Crippen molar-refractivity contribution in [1.29, 1.82) is 0 Å². The Labute approximate surface area is 138 Å². The number of nitrogens with one attached hydrogen (secondary N) is 1. The number of carboxylic acids is 1. The molecule has 0 bridgehead atoms. The third-order valence-corrected chi connectivity index (χ3v) is 3.78. The molecular weight excluding hydrogens is 310 g/mol. The number of hydrogen-bond acceptors (Lipinski definition) is 4. The Kier molecular flexibility index (Phi) is 4.29. The predicted molar refractivity (Wildman–Crippen MR) is 84.8 cm³/mol.